The third-order valence-electron chi connectivity index (χ3n) is 5.63. The first-order valence-corrected chi connectivity index (χ1v) is 11.0. The molecule has 29 heavy (non-hydrogen) atoms. The smallest absolute Gasteiger partial charge is 0.165 e. The summed E-state index contributed by atoms with van der Waals surface area (Å²) in [5.41, 5.74) is 2.22. The summed E-state index contributed by atoms with van der Waals surface area (Å²) >= 11 is 0. The lowest BCUT2D eigenvalue weighted by atomic mass is 9.94. The van der Waals surface area contributed by atoms with Gasteiger partial charge in [0.15, 0.2) is 11.6 Å². The fraction of sp³-hybridized carbons (Fsp3) is 0.538. The summed E-state index contributed by atoms with van der Waals surface area (Å²) in [6, 6.07) is 5.28. The molecule has 0 bridgehead atoms. The molecular weight excluding hydrogens is 361 g/mol. The molecule has 162 valence electrons. The van der Waals surface area contributed by atoms with E-state index in [-0.39, 0.29) is 5.82 Å². The summed E-state index contributed by atoms with van der Waals surface area (Å²) in [4.78, 5) is 0. The number of allylic oxidation sites excluding steroid dienone is 4. The van der Waals surface area contributed by atoms with Gasteiger partial charge in [-0.3, -0.25) is 0 Å². The van der Waals surface area contributed by atoms with E-state index >= 15 is 0 Å². The number of hydrogen-bond donors (Lipinski definition) is 1. The quantitative estimate of drug-likeness (QED) is 0.309. The monoisotopic (exact) mass is 401 g/mol. The molecule has 0 saturated carbocycles. The first-order chi connectivity index (χ1) is 13.9. The van der Waals surface area contributed by atoms with Crippen LogP contribution in [-0.2, 0) is 0 Å². The first-order valence-electron chi connectivity index (χ1n) is 11.0. The predicted molar refractivity (Wildman–Crippen MR) is 124 cm³/mol. The van der Waals surface area contributed by atoms with Crippen LogP contribution in [0, 0.1) is 17.7 Å². The second-order valence-electron chi connectivity index (χ2n) is 8.04. The minimum absolute atomic E-state index is 0.278. The second-order valence-corrected chi connectivity index (χ2v) is 8.04. The van der Waals surface area contributed by atoms with Gasteiger partial charge >= 0.3 is 0 Å². The molecule has 0 heterocycles. The maximum atomic E-state index is 14.0. The van der Waals surface area contributed by atoms with Gasteiger partial charge in [0, 0.05) is 18.7 Å². The average molecular weight is 402 g/mol. The summed E-state index contributed by atoms with van der Waals surface area (Å²) in [7, 11) is 1.93. The Balaban J connectivity index is 2.54. The molecule has 0 aromatic heterocycles. The van der Waals surface area contributed by atoms with Gasteiger partial charge in [-0.05, 0) is 61.6 Å². The zero-order chi connectivity index (χ0) is 21.6. The molecule has 0 aliphatic heterocycles. The van der Waals surface area contributed by atoms with Crippen LogP contribution in [0.25, 0.3) is 0 Å². The molecule has 1 rings (SSSR count). The summed E-state index contributed by atoms with van der Waals surface area (Å²) < 4.78 is 19.7. The van der Waals surface area contributed by atoms with Crippen LogP contribution in [0.15, 0.2) is 55.3 Å². The molecule has 1 aromatic rings. The molecule has 0 aliphatic rings. The molecule has 0 saturated heterocycles. The van der Waals surface area contributed by atoms with Crippen LogP contribution in [0.5, 0.6) is 5.75 Å². The largest absolute Gasteiger partial charge is 0.490 e. The van der Waals surface area contributed by atoms with E-state index in [2.05, 4.69) is 51.4 Å². The van der Waals surface area contributed by atoms with Gasteiger partial charge in [0.1, 0.15) is 0 Å². The van der Waals surface area contributed by atoms with Crippen molar-refractivity contribution in [2.75, 3.05) is 13.7 Å². The number of hydrogen-bond acceptors (Lipinski definition) is 2. The van der Waals surface area contributed by atoms with Gasteiger partial charge in [-0.2, -0.15) is 0 Å². The molecule has 0 radical (unpaired) electrons. The van der Waals surface area contributed by atoms with Crippen LogP contribution in [-0.4, -0.2) is 13.7 Å². The molecule has 0 fully saturated rings. The van der Waals surface area contributed by atoms with Gasteiger partial charge in [0.05, 0.1) is 6.61 Å². The van der Waals surface area contributed by atoms with Crippen LogP contribution in [0.4, 0.5) is 4.39 Å². The van der Waals surface area contributed by atoms with Crippen LogP contribution >= 0.6 is 0 Å². The Morgan fingerprint density at radius 2 is 1.97 bits per heavy atom. The molecule has 0 amide bonds. The molecule has 3 heteroatoms. The summed E-state index contributed by atoms with van der Waals surface area (Å²) in [6.07, 6.45) is 12.6. The van der Waals surface area contributed by atoms with E-state index in [1.54, 1.807) is 0 Å². The van der Waals surface area contributed by atoms with Gasteiger partial charge in [0.25, 0.3) is 0 Å². The van der Waals surface area contributed by atoms with E-state index in [4.69, 9.17) is 4.74 Å². The van der Waals surface area contributed by atoms with Crippen molar-refractivity contribution in [3.05, 3.63) is 66.7 Å². The lowest BCUT2D eigenvalue weighted by Gasteiger charge is -2.17. The van der Waals surface area contributed by atoms with Gasteiger partial charge < -0.3 is 10.1 Å². The van der Waals surface area contributed by atoms with Crippen molar-refractivity contribution in [3.63, 3.8) is 0 Å². The highest BCUT2D eigenvalue weighted by atomic mass is 19.1. The van der Waals surface area contributed by atoms with E-state index in [1.807, 2.05) is 25.3 Å². The fourth-order valence-electron chi connectivity index (χ4n) is 3.14. The minimum Gasteiger partial charge on any atom is -0.490 e. The highest BCUT2D eigenvalue weighted by Gasteiger charge is 2.12. The maximum absolute atomic E-state index is 14.0. The number of halogens is 1. The van der Waals surface area contributed by atoms with Crippen molar-refractivity contribution >= 4 is 0 Å². The molecule has 0 aliphatic carbocycles. The standard InChI is InChI=1S/C26H40FNO/c1-7-9-14-23(22(5)28-6)15-12-10-11-13-21(4)24-16-17-25(27)26(18-24)29-19-20(3)8-2/h7,10,12,16-18,20-21,23,28H,1,5,8-9,11,13-15,19H2,2-4,6H3/b12-10+. The highest BCUT2D eigenvalue weighted by molar-refractivity contribution is 5.32. The fourth-order valence-corrected chi connectivity index (χ4v) is 3.14. The Hall–Kier alpha value is -2.03. The maximum Gasteiger partial charge on any atom is 0.165 e. The molecule has 1 N–H and O–H groups in total. The summed E-state index contributed by atoms with van der Waals surface area (Å²) in [5.74, 6) is 1.32. The van der Waals surface area contributed by atoms with Crippen molar-refractivity contribution in [2.45, 2.75) is 65.2 Å². The molecule has 2 nitrogen and oxygen atoms in total. The Kier molecular flexibility index (Phi) is 12.1. The first kappa shape index (κ1) is 25.0. The SMILES string of the molecule is C=CCCC(C/C=C/CCC(C)c1ccc(F)c(OCC(C)CC)c1)C(=C)NC. The van der Waals surface area contributed by atoms with Crippen molar-refractivity contribution in [1.82, 2.24) is 5.32 Å². The predicted octanol–water partition coefficient (Wildman–Crippen LogP) is 7.40. The van der Waals surface area contributed by atoms with Crippen molar-refractivity contribution in [2.24, 2.45) is 11.8 Å². The van der Waals surface area contributed by atoms with E-state index in [1.165, 1.54) is 6.07 Å². The minimum atomic E-state index is -0.278. The number of nitrogens with one attached hydrogen (secondary N) is 1. The van der Waals surface area contributed by atoms with Crippen LogP contribution in [0.1, 0.15) is 70.8 Å². The van der Waals surface area contributed by atoms with Gasteiger partial charge in [0.2, 0.25) is 0 Å². The van der Waals surface area contributed by atoms with Crippen molar-refractivity contribution < 1.29 is 9.13 Å². The average Bonchev–Trinajstić information content (AvgIpc) is 2.73. The topological polar surface area (TPSA) is 21.3 Å². The molecule has 3 unspecified atom stereocenters. The summed E-state index contributed by atoms with van der Waals surface area (Å²) in [6.45, 7) is 14.9. The van der Waals surface area contributed by atoms with Crippen molar-refractivity contribution in [3.8, 4) is 5.75 Å². The number of ether oxygens (including phenoxy) is 1. The Bertz CT molecular complexity index is 652. The van der Waals surface area contributed by atoms with Crippen LogP contribution in [0.2, 0.25) is 0 Å². The van der Waals surface area contributed by atoms with E-state index < -0.39 is 0 Å². The van der Waals surface area contributed by atoms with Crippen LogP contribution in [0.3, 0.4) is 0 Å². The van der Waals surface area contributed by atoms with Gasteiger partial charge in [-0.25, -0.2) is 4.39 Å². The number of benzene rings is 1. The molecule has 3 atom stereocenters. The second kappa shape index (κ2) is 14.0. The Morgan fingerprint density at radius 3 is 2.62 bits per heavy atom. The third kappa shape index (κ3) is 9.34. The van der Waals surface area contributed by atoms with Crippen LogP contribution < -0.4 is 10.1 Å². The Morgan fingerprint density at radius 1 is 1.21 bits per heavy atom. The van der Waals surface area contributed by atoms with E-state index in [0.717, 1.165) is 49.8 Å². The molecule has 1 aromatic carbocycles. The lowest BCUT2D eigenvalue weighted by Crippen LogP contribution is -2.14. The van der Waals surface area contributed by atoms with Gasteiger partial charge in [-0.15, -0.1) is 6.58 Å². The Labute approximate surface area is 177 Å². The number of rotatable bonds is 15. The molecular formula is C26H40FNO. The van der Waals surface area contributed by atoms with Crippen molar-refractivity contribution in [1.29, 1.82) is 0 Å². The zero-order valence-electron chi connectivity index (χ0n) is 18.8. The lowest BCUT2D eigenvalue weighted by molar-refractivity contribution is 0.246. The third-order valence-corrected chi connectivity index (χ3v) is 5.63. The highest BCUT2D eigenvalue weighted by Crippen LogP contribution is 2.27. The van der Waals surface area contributed by atoms with E-state index in [0.29, 0.717) is 30.1 Å². The molecule has 0 spiro atoms. The van der Waals surface area contributed by atoms with Gasteiger partial charge in [-0.1, -0.05) is 58.1 Å². The summed E-state index contributed by atoms with van der Waals surface area (Å²) in [5, 5.41) is 3.18. The zero-order valence-corrected chi connectivity index (χ0v) is 18.8. The normalized spacial score (nSPS) is 14.4. The van der Waals surface area contributed by atoms with E-state index in [9.17, 15) is 4.39 Å².